The molecule has 2 atom stereocenters. The average Bonchev–Trinajstić information content (AvgIpc) is 2.27. The molecule has 1 aliphatic rings. The van der Waals surface area contributed by atoms with Gasteiger partial charge in [-0.3, -0.25) is 0 Å². The van der Waals surface area contributed by atoms with Crippen molar-refractivity contribution in [1.82, 2.24) is 4.72 Å². The predicted molar refractivity (Wildman–Crippen MR) is 70.3 cm³/mol. The molecule has 0 saturated carbocycles. The Labute approximate surface area is 110 Å². The van der Waals surface area contributed by atoms with E-state index in [1.54, 1.807) is 6.07 Å². The van der Waals surface area contributed by atoms with E-state index < -0.39 is 11.4 Å². The van der Waals surface area contributed by atoms with Gasteiger partial charge in [0.05, 0.1) is 12.6 Å². The fraction of sp³-hybridized carbons (Fsp3) is 0.538. The number of benzene rings is 1. The number of fused-ring (bicyclic) bond motifs is 1. The molecule has 0 bridgehead atoms. The molecule has 0 radical (unpaired) electrons. The van der Waals surface area contributed by atoms with Gasteiger partial charge in [0, 0.05) is 29.4 Å². The molecule has 1 aromatic rings. The van der Waals surface area contributed by atoms with E-state index in [0.717, 1.165) is 12.0 Å². The maximum absolute atomic E-state index is 13.1. The van der Waals surface area contributed by atoms with Crippen molar-refractivity contribution in [3.8, 4) is 5.75 Å². The summed E-state index contributed by atoms with van der Waals surface area (Å²) >= 11 is -1.15. The van der Waals surface area contributed by atoms with Crippen molar-refractivity contribution in [1.29, 1.82) is 0 Å². The minimum absolute atomic E-state index is 0.0468. The van der Waals surface area contributed by atoms with Gasteiger partial charge >= 0.3 is 0 Å². The maximum Gasteiger partial charge on any atom is 0.136 e. The third kappa shape index (κ3) is 2.96. The lowest BCUT2D eigenvalue weighted by Crippen LogP contribution is -2.42. The molecule has 0 aromatic heterocycles. The van der Waals surface area contributed by atoms with Gasteiger partial charge in [-0.2, -0.15) is 0 Å². The molecule has 1 N–H and O–H groups in total. The van der Waals surface area contributed by atoms with Gasteiger partial charge in [0.25, 0.3) is 0 Å². The van der Waals surface area contributed by atoms with E-state index in [1.807, 2.05) is 20.8 Å². The lowest BCUT2D eigenvalue weighted by Gasteiger charge is -2.31. The monoisotopic (exact) mass is 271 g/mol. The Morgan fingerprint density at radius 2 is 2.17 bits per heavy atom. The van der Waals surface area contributed by atoms with Gasteiger partial charge in [0.1, 0.15) is 16.3 Å². The highest BCUT2D eigenvalue weighted by Gasteiger charge is 2.32. The fourth-order valence-corrected chi connectivity index (χ4v) is 2.65. The Morgan fingerprint density at radius 3 is 2.83 bits per heavy atom. The van der Waals surface area contributed by atoms with E-state index in [0.29, 0.717) is 12.4 Å². The van der Waals surface area contributed by atoms with Crippen molar-refractivity contribution in [2.24, 2.45) is 0 Å². The normalized spacial score (nSPS) is 21.1. The van der Waals surface area contributed by atoms with Crippen LogP contribution in [0.3, 0.4) is 0 Å². The maximum atomic E-state index is 13.1. The van der Waals surface area contributed by atoms with Crippen LogP contribution in [0.1, 0.15) is 38.8 Å². The molecule has 100 valence electrons. The van der Waals surface area contributed by atoms with E-state index in [4.69, 9.17) is 4.74 Å². The fourth-order valence-electron chi connectivity index (χ4n) is 1.79. The lowest BCUT2D eigenvalue weighted by atomic mass is 10.0. The highest BCUT2D eigenvalue weighted by atomic mass is 32.2. The van der Waals surface area contributed by atoms with Crippen LogP contribution in [0.15, 0.2) is 18.2 Å². The third-order valence-corrected chi connectivity index (χ3v) is 4.43. The average molecular weight is 271 g/mol. The van der Waals surface area contributed by atoms with Crippen molar-refractivity contribution in [3.05, 3.63) is 29.6 Å². The van der Waals surface area contributed by atoms with Gasteiger partial charge < -0.3 is 9.29 Å². The van der Waals surface area contributed by atoms with E-state index in [-0.39, 0.29) is 16.6 Å². The summed E-state index contributed by atoms with van der Waals surface area (Å²) in [5, 5.41) is 0. The van der Waals surface area contributed by atoms with Crippen LogP contribution in [0.4, 0.5) is 4.39 Å². The van der Waals surface area contributed by atoms with E-state index >= 15 is 0 Å². The molecule has 5 heteroatoms. The summed E-state index contributed by atoms with van der Waals surface area (Å²) in [5.74, 6) is 0.232. The van der Waals surface area contributed by atoms with Crippen molar-refractivity contribution in [3.63, 3.8) is 0 Å². The molecule has 0 fully saturated rings. The zero-order valence-electron chi connectivity index (χ0n) is 10.8. The molecule has 1 aliphatic heterocycles. The van der Waals surface area contributed by atoms with E-state index in [1.165, 1.54) is 12.1 Å². The van der Waals surface area contributed by atoms with Crippen LogP contribution >= 0.6 is 0 Å². The largest absolute Gasteiger partial charge is 0.598 e. The zero-order chi connectivity index (χ0) is 13.3. The Morgan fingerprint density at radius 1 is 1.44 bits per heavy atom. The topological polar surface area (TPSA) is 44.3 Å². The van der Waals surface area contributed by atoms with Crippen LogP contribution in [0.2, 0.25) is 0 Å². The molecule has 2 rings (SSSR count). The summed E-state index contributed by atoms with van der Waals surface area (Å²) in [7, 11) is 0. The van der Waals surface area contributed by atoms with Crippen LogP contribution in [0.5, 0.6) is 5.75 Å². The molecule has 0 unspecified atom stereocenters. The summed E-state index contributed by atoms with van der Waals surface area (Å²) < 4.78 is 33.4. The van der Waals surface area contributed by atoms with Crippen molar-refractivity contribution in [2.45, 2.75) is 38.0 Å². The Balaban J connectivity index is 2.18. The second-order valence-electron chi connectivity index (χ2n) is 5.37. The summed E-state index contributed by atoms with van der Waals surface area (Å²) in [5.41, 5.74) is 0.875. The van der Waals surface area contributed by atoms with Crippen LogP contribution in [-0.4, -0.2) is 15.9 Å². The first-order valence-corrected chi connectivity index (χ1v) is 7.13. The van der Waals surface area contributed by atoms with Crippen LogP contribution in [-0.2, 0) is 11.4 Å². The number of ether oxygens (including phenoxy) is 1. The summed E-state index contributed by atoms with van der Waals surface area (Å²) in [6.07, 6.45) is 0.737. The van der Waals surface area contributed by atoms with Crippen molar-refractivity contribution in [2.75, 3.05) is 6.61 Å². The molecular weight excluding hydrogens is 253 g/mol. The number of nitrogens with one attached hydrogen (secondary N) is 1. The summed E-state index contributed by atoms with van der Waals surface area (Å²) in [4.78, 5) is 0. The SMILES string of the molecule is CC(C)(C)[S@+]([O-])N[C@H]1CCOc2cc(F)ccc21. The standard InChI is InChI=1S/C13H18FNO2S/c1-13(2,3)18(16)15-11-6-7-17-12-8-9(14)4-5-10(11)12/h4-5,8,11,15H,6-7H2,1-3H3/t11-,18-/m0/s1. The second-order valence-corrected chi connectivity index (χ2v) is 7.37. The van der Waals surface area contributed by atoms with Crippen LogP contribution < -0.4 is 9.46 Å². The molecule has 0 amide bonds. The smallest absolute Gasteiger partial charge is 0.136 e. The molecule has 0 aliphatic carbocycles. The highest BCUT2D eigenvalue weighted by molar-refractivity contribution is 7.90. The molecule has 0 spiro atoms. The summed E-state index contributed by atoms with van der Waals surface area (Å²) in [6, 6.07) is 4.43. The first-order chi connectivity index (χ1) is 8.38. The van der Waals surface area contributed by atoms with Gasteiger partial charge in [0.15, 0.2) is 0 Å². The Bertz CT molecular complexity index is 433. The Kier molecular flexibility index (Phi) is 3.84. The molecular formula is C13H18FNO2S. The van der Waals surface area contributed by atoms with Crippen molar-refractivity contribution >= 4 is 11.4 Å². The van der Waals surface area contributed by atoms with E-state index in [2.05, 4.69) is 4.72 Å². The first-order valence-electron chi connectivity index (χ1n) is 5.98. The lowest BCUT2D eigenvalue weighted by molar-refractivity contribution is 0.261. The molecule has 0 saturated heterocycles. The minimum atomic E-state index is -1.15. The predicted octanol–water partition coefficient (Wildman–Crippen LogP) is 2.70. The number of hydrogen-bond acceptors (Lipinski definition) is 3. The molecule has 18 heavy (non-hydrogen) atoms. The van der Waals surface area contributed by atoms with Crippen molar-refractivity contribution < 1.29 is 13.7 Å². The molecule has 1 heterocycles. The third-order valence-electron chi connectivity index (χ3n) is 2.82. The summed E-state index contributed by atoms with van der Waals surface area (Å²) in [6.45, 7) is 6.26. The number of rotatable bonds is 2. The van der Waals surface area contributed by atoms with Gasteiger partial charge in [-0.15, -0.1) is 4.72 Å². The van der Waals surface area contributed by atoms with Crippen LogP contribution in [0.25, 0.3) is 0 Å². The molecule has 3 nitrogen and oxygen atoms in total. The second kappa shape index (κ2) is 5.07. The Hall–Kier alpha value is -0.780. The first kappa shape index (κ1) is 13.6. The van der Waals surface area contributed by atoms with E-state index in [9.17, 15) is 8.94 Å². The number of hydrogen-bond donors (Lipinski definition) is 1. The zero-order valence-corrected chi connectivity index (χ0v) is 11.6. The van der Waals surface area contributed by atoms with Gasteiger partial charge in [-0.05, 0) is 26.8 Å². The minimum Gasteiger partial charge on any atom is -0.598 e. The van der Waals surface area contributed by atoms with Gasteiger partial charge in [-0.1, -0.05) is 6.07 Å². The quantitative estimate of drug-likeness (QED) is 0.841. The van der Waals surface area contributed by atoms with Crippen LogP contribution in [0, 0.1) is 5.82 Å². The number of halogens is 1. The van der Waals surface area contributed by atoms with Gasteiger partial charge in [-0.25, -0.2) is 4.39 Å². The molecule has 1 aromatic carbocycles. The highest BCUT2D eigenvalue weighted by Crippen LogP contribution is 2.33. The van der Waals surface area contributed by atoms with Gasteiger partial charge in [0.2, 0.25) is 0 Å².